The summed E-state index contributed by atoms with van der Waals surface area (Å²) in [5.41, 5.74) is 0. The van der Waals surface area contributed by atoms with Gasteiger partial charge < -0.3 is 9.13 Å². The molecule has 110 valence electrons. The van der Waals surface area contributed by atoms with Crippen molar-refractivity contribution in [2.45, 2.75) is 77.8 Å². The molecule has 0 radical (unpaired) electrons. The molecular weight excluding hydrogens is 262 g/mol. The first-order valence-electron chi connectivity index (χ1n) is 6.62. The lowest BCUT2D eigenvalue weighted by Crippen LogP contribution is -2.32. The Morgan fingerprint density at radius 3 is 1.11 bits per heavy atom. The van der Waals surface area contributed by atoms with Crippen molar-refractivity contribution in [3.05, 3.63) is 0 Å². The lowest BCUT2D eigenvalue weighted by atomic mass is 10.2. The topological polar surface area (TPSA) is 34.1 Å². The molecule has 0 rings (SSSR count). The molecule has 0 fully saturated rings. The summed E-state index contributed by atoms with van der Waals surface area (Å²) in [7, 11) is -5.02. The zero-order valence-corrected chi connectivity index (χ0v) is 15.7. The van der Waals surface area contributed by atoms with Crippen LogP contribution in [0.15, 0.2) is 0 Å². The molecule has 0 aliphatic rings. The van der Waals surface area contributed by atoms with Crippen LogP contribution in [0.5, 0.6) is 0 Å². The molecule has 0 unspecified atom stereocenters. The molecular formula is C14H32O2P2. The van der Waals surface area contributed by atoms with E-state index in [1.807, 2.05) is 69.0 Å². The highest BCUT2D eigenvalue weighted by atomic mass is 31.2. The van der Waals surface area contributed by atoms with E-state index in [9.17, 15) is 9.13 Å². The van der Waals surface area contributed by atoms with Crippen LogP contribution in [-0.4, -0.2) is 28.0 Å². The van der Waals surface area contributed by atoms with Crippen LogP contribution in [0.3, 0.4) is 0 Å². The van der Waals surface area contributed by atoms with Crippen molar-refractivity contribution in [1.29, 1.82) is 0 Å². The lowest BCUT2D eigenvalue weighted by molar-refractivity contribution is 0.517. The van der Waals surface area contributed by atoms with Gasteiger partial charge in [-0.15, -0.1) is 0 Å². The minimum Gasteiger partial charge on any atom is -0.323 e. The van der Waals surface area contributed by atoms with Gasteiger partial charge in [-0.2, -0.15) is 0 Å². The fraction of sp³-hybridized carbons (Fsp3) is 1.00. The molecule has 0 N–H and O–H groups in total. The van der Waals surface area contributed by atoms with Gasteiger partial charge in [0, 0.05) is 15.5 Å². The second-order valence-electron chi connectivity index (χ2n) is 8.49. The van der Waals surface area contributed by atoms with Crippen LogP contribution in [0.2, 0.25) is 0 Å². The zero-order chi connectivity index (χ0) is 15.2. The van der Waals surface area contributed by atoms with Gasteiger partial charge in [-0.3, -0.25) is 0 Å². The van der Waals surface area contributed by atoms with Crippen LogP contribution >= 0.6 is 14.3 Å². The second-order valence-corrected chi connectivity index (χ2v) is 17.3. The first-order chi connectivity index (χ1) is 7.46. The summed E-state index contributed by atoms with van der Waals surface area (Å²) in [6.07, 6.45) is 0. The summed E-state index contributed by atoms with van der Waals surface area (Å²) in [6, 6.07) is 0. The highest BCUT2D eigenvalue weighted by Crippen LogP contribution is 2.75. The Morgan fingerprint density at radius 2 is 0.944 bits per heavy atom. The molecule has 0 saturated carbocycles. The predicted molar refractivity (Wildman–Crippen MR) is 85.3 cm³/mol. The summed E-state index contributed by atoms with van der Waals surface area (Å²) in [5.74, 6) is 0.372. The molecule has 0 aliphatic carbocycles. The zero-order valence-electron chi connectivity index (χ0n) is 13.9. The molecule has 0 aliphatic heterocycles. The SMILES string of the molecule is CC(C)(C)P(=O)(C[P@](C)(=O)C(C)(C)C)C(C)(C)C. The summed E-state index contributed by atoms with van der Waals surface area (Å²) >= 11 is 0. The summed E-state index contributed by atoms with van der Waals surface area (Å²) in [4.78, 5) is 0. The fourth-order valence-corrected chi connectivity index (χ4v) is 12.2. The third kappa shape index (κ3) is 3.51. The van der Waals surface area contributed by atoms with Gasteiger partial charge in [-0.05, 0) is 6.66 Å². The normalized spacial score (nSPS) is 18.6. The van der Waals surface area contributed by atoms with Crippen molar-refractivity contribution in [1.82, 2.24) is 0 Å². The van der Waals surface area contributed by atoms with Gasteiger partial charge in [0.15, 0.2) is 0 Å². The van der Waals surface area contributed by atoms with Gasteiger partial charge in [-0.25, -0.2) is 0 Å². The Hall–Kier alpha value is 0.460. The minimum absolute atomic E-state index is 0.279. The van der Waals surface area contributed by atoms with E-state index in [1.54, 1.807) is 0 Å². The standard InChI is InChI=1S/C14H32O2P2/c1-12(2,3)17(10,15)11-18(16,13(4,5)6)14(7,8)9/h11H2,1-10H3/t17-/m0/s1. The lowest BCUT2D eigenvalue weighted by Gasteiger charge is -2.44. The van der Waals surface area contributed by atoms with Crippen molar-refractivity contribution in [3.8, 4) is 0 Å². The average Bonchev–Trinajstić information content (AvgIpc) is 1.95. The molecule has 4 heteroatoms. The Kier molecular flexibility index (Phi) is 4.90. The van der Waals surface area contributed by atoms with Crippen molar-refractivity contribution in [2.24, 2.45) is 0 Å². The van der Waals surface area contributed by atoms with Crippen LogP contribution in [0.1, 0.15) is 62.3 Å². The quantitative estimate of drug-likeness (QED) is 0.612. The predicted octanol–water partition coefficient (Wildman–Crippen LogP) is 5.70. The molecule has 0 bridgehead atoms. The van der Waals surface area contributed by atoms with Crippen molar-refractivity contribution in [3.63, 3.8) is 0 Å². The molecule has 0 spiro atoms. The first kappa shape index (κ1) is 18.5. The molecule has 0 aromatic rings. The number of hydrogen-bond donors (Lipinski definition) is 0. The van der Waals surface area contributed by atoms with Gasteiger partial charge in [0.1, 0.15) is 7.14 Å². The van der Waals surface area contributed by atoms with E-state index in [1.165, 1.54) is 0 Å². The van der Waals surface area contributed by atoms with Gasteiger partial charge in [0.05, 0.1) is 13.0 Å². The summed E-state index contributed by atoms with van der Waals surface area (Å²) in [6.45, 7) is 19.9. The van der Waals surface area contributed by atoms with Gasteiger partial charge in [0.25, 0.3) is 0 Å². The Bertz CT molecular complexity index is 371. The molecule has 1 atom stereocenters. The van der Waals surface area contributed by atoms with Crippen LogP contribution in [0.25, 0.3) is 0 Å². The largest absolute Gasteiger partial charge is 0.323 e. The molecule has 2 nitrogen and oxygen atoms in total. The smallest absolute Gasteiger partial charge is 0.105 e. The maximum atomic E-state index is 13.5. The molecule has 0 amide bonds. The third-order valence-electron chi connectivity index (χ3n) is 4.06. The second kappa shape index (κ2) is 4.78. The van der Waals surface area contributed by atoms with Crippen molar-refractivity contribution >= 4 is 14.3 Å². The Balaban J connectivity index is 5.75. The Labute approximate surface area is 114 Å². The van der Waals surface area contributed by atoms with Crippen LogP contribution in [-0.2, 0) is 9.13 Å². The highest BCUT2D eigenvalue weighted by Gasteiger charge is 2.50. The minimum atomic E-state index is -2.57. The van der Waals surface area contributed by atoms with E-state index in [0.29, 0.717) is 5.90 Å². The van der Waals surface area contributed by atoms with E-state index >= 15 is 0 Å². The van der Waals surface area contributed by atoms with Gasteiger partial charge >= 0.3 is 0 Å². The molecule has 0 heterocycles. The average molecular weight is 294 g/mol. The van der Waals surface area contributed by atoms with E-state index < -0.39 is 14.3 Å². The van der Waals surface area contributed by atoms with Gasteiger partial charge in [0.2, 0.25) is 0 Å². The highest BCUT2D eigenvalue weighted by molar-refractivity contribution is 7.82. The summed E-state index contributed by atoms with van der Waals surface area (Å²) < 4.78 is 26.5. The monoisotopic (exact) mass is 294 g/mol. The number of hydrogen-bond acceptors (Lipinski definition) is 2. The van der Waals surface area contributed by atoms with Crippen LogP contribution in [0, 0.1) is 0 Å². The number of rotatable bonds is 2. The summed E-state index contributed by atoms with van der Waals surface area (Å²) in [5, 5.41) is -0.885. The fourth-order valence-electron chi connectivity index (χ4n) is 2.02. The van der Waals surface area contributed by atoms with E-state index in [2.05, 4.69) is 0 Å². The molecule has 0 aromatic carbocycles. The van der Waals surface area contributed by atoms with E-state index in [-0.39, 0.29) is 15.5 Å². The van der Waals surface area contributed by atoms with E-state index in [4.69, 9.17) is 0 Å². The molecule has 0 saturated heterocycles. The van der Waals surface area contributed by atoms with Gasteiger partial charge in [-0.1, -0.05) is 62.3 Å². The van der Waals surface area contributed by atoms with E-state index in [0.717, 1.165) is 0 Å². The van der Waals surface area contributed by atoms with Crippen LogP contribution in [0.4, 0.5) is 0 Å². The maximum Gasteiger partial charge on any atom is 0.105 e. The third-order valence-corrected chi connectivity index (χ3v) is 15.0. The first-order valence-corrected chi connectivity index (χ1v) is 10.8. The van der Waals surface area contributed by atoms with Crippen molar-refractivity contribution in [2.75, 3.05) is 12.6 Å². The molecule has 18 heavy (non-hydrogen) atoms. The van der Waals surface area contributed by atoms with Crippen molar-refractivity contribution < 1.29 is 9.13 Å². The maximum absolute atomic E-state index is 13.5. The molecule has 0 aromatic heterocycles. The van der Waals surface area contributed by atoms with Crippen LogP contribution < -0.4 is 0 Å². The Morgan fingerprint density at radius 1 is 0.667 bits per heavy atom.